The smallest absolute Gasteiger partial charge is 0.317 e. The van der Waals surface area contributed by atoms with Gasteiger partial charge in [0.15, 0.2) is 0 Å². The van der Waals surface area contributed by atoms with Crippen LogP contribution < -0.4 is 5.32 Å². The minimum Gasteiger partial charge on any atom is -0.390 e. The van der Waals surface area contributed by atoms with Crippen molar-refractivity contribution in [2.45, 2.75) is 25.0 Å². The molecule has 0 radical (unpaired) electrons. The first kappa shape index (κ1) is 15.1. The third-order valence-corrected chi connectivity index (χ3v) is 3.65. The number of carbonyl (C=O) groups excluding carboxylic acids is 1. The molecule has 3 N–H and O–H groups in total. The average Bonchev–Trinajstić information content (AvgIpc) is 2.42. The van der Waals surface area contributed by atoms with E-state index in [1.54, 1.807) is 0 Å². The molecule has 0 saturated carbocycles. The fraction of sp³-hybridized carbons (Fsp3) is 0.500. The number of piperidine rings is 1. The van der Waals surface area contributed by atoms with E-state index >= 15 is 0 Å². The van der Waals surface area contributed by atoms with Gasteiger partial charge in [0.2, 0.25) is 0 Å². The van der Waals surface area contributed by atoms with Gasteiger partial charge in [-0.25, -0.2) is 4.79 Å². The van der Waals surface area contributed by atoms with Crippen molar-refractivity contribution in [3.63, 3.8) is 0 Å². The summed E-state index contributed by atoms with van der Waals surface area (Å²) in [4.78, 5) is 13.4. The second-order valence-corrected chi connectivity index (χ2v) is 5.42. The topological polar surface area (TPSA) is 72.8 Å². The number of hydrogen-bond donors (Lipinski definition) is 3. The first-order valence-corrected chi connectivity index (χ1v) is 7.07. The van der Waals surface area contributed by atoms with E-state index in [1.165, 1.54) is 4.90 Å². The highest BCUT2D eigenvalue weighted by molar-refractivity contribution is 6.30. The van der Waals surface area contributed by atoms with Gasteiger partial charge in [0.05, 0.1) is 18.8 Å². The molecule has 2 amide bonds. The summed E-state index contributed by atoms with van der Waals surface area (Å²) in [5, 5.41) is 22.4. The zero-order valence-corrected chi connectivity index (χ0v) is 11.9. The van der Waals surface area contributed by atoms with Crippen molar-refractivity contribution in [1.82, 2.24) is 10.2 Å². The van der Waals surface area contributed by atoms with E-state index < -0.39 is 12.2 Å². The highest BCUT2D eigenvalue weighted by atomic mass is 35.5. The molecule has 1 aromatic rings. The predicted octanol–water partition coefficient (Wildman–Crippen LogP) is 1.02. The second-order valence-electron chi connectivity index (χ2n) is 4.98. The highest BCUT2D eigenvalue weighted by Gasteiger charge is 2.28. The van der Waals surface area contributed by atoms with Gasteiger partial charge >= 0.3 is 6.03 Å². The van der Waals surface area contributed by atoms with Crippen LogP contribution in [0.25, 0.3) is 0 Å². The summed E-state index contributed by atoms with van der Waals surface area (Å²) in [6, 6.07) is 7.30. The summed E-state index contributed by atoms with van der Waals surface area (Å²) in [7, 11) is 0. The number of hydrogen-bond acceptors (Lipinski definition) is 3. The van der Waals surface area contributed by atoms with Gasteiger partial charge in [-0.15, -0.1) is 0 Å². The predicted molar refractivity (Wildman–Crippen MR) is 76.8 cm³/mol. The molecule has 2 rings (SSSR count). The molecule has 0 bridgehead atoms. The van der Waals surface area contributed by atoms with Crippen molar-refractivity contribution in [2.24, 2.45) is 0 Å². The molecular weight excluding hydrogens is 280 g/mol. The van der Waals surface area contributed by atoms with E-state index in [9.17, 15) is 15.0 Å². The number of rotatable bonds is 3. The Kier molecular flexibility index (Phi) is 5.23. The van der Waals surface area contributed by atoms with Gasteiger partial charge in [-0.3, -0.25) is 0 Å². The maximum absolute atomic E-state index is 11.9. The van der Waals surface area contributed by atoms with E-state index in [4.69, 9.17) is 11.6 Å². The molecule has 1 aromatic carbocycles. The number of carbonyl (C=O) groups is 1. The van der Waals surface area contributed by atoms with Gasteiger partial charge in [-0.1, -0.05) is 23.7 Å². The standard InChI is InChI=1S/C14H19ClN2O3/c15-11-3-1-2-10(8-11)4-6-16-14(20)17-7-5-12(18)13(19)9-17/h1-3,8,12-13,18-19H,4-7,9H2,(H,16,20)/t12-,13+/m0/s1. The maximum Gasteiger partial charge on any atom is 0.317 e. The molecule has 1 fully saturated rings. The van der Waals surface area contributed by atoms with Gasteiger partial charge in [0.1, 0.15) is 0 Å². The van der Waals surface area contributed by atoms with Crippen LogP contribution in [0.5, 0.6) is 0 Å². The molecule has 6 heteroatoms. The van der Waals surface area contributed by atoms with Crippen LogP contribution >= 0.6 is 11.6 Å². The summed E-state index contributed by atoms with van der Waals surface area (Å²) < 4.78 is 0. The Hall–Kier alpha value is -1.30. The summed E-state index contributed by atoms with van der Waals surface area (Å²) in [6.45, 7) is 1.14. The Morgan fingerprint density at radius 3 is 2.90 bits per heavy atom. The molecule has 0 spiro atoms. The van der Waals surface area contributed by atoms with E-state index in [1.807, 2.05) is 24.3 Å². The molecule has 1 aliphatic heterocycles. The Morgan fingerprint density at radius 2 is 2.20 bits per heavy atom. The lowest BCUT2D eigenvalue weighted by atomic mass is 10.1. The van der Waals surface area contributed by atoms with Crippen molar-refractivity contribution >= 4 is 17.6 Å². The van der Waals surface area contributed by atoms with E-state index in [0.29, 0.717) is 31.0 Å². The number of urea groups is 1. The van der Waals surface area contributed by atoms with Crippen molar-refractivity contribution in [3.05, 3.63) is 34.9 Å². The van der Waals surface area contributed by atoms with Gasteiger partial charge < -0.3 is 20.4 Å². The number of nitrogens with zero attached hydrogens (tertiary/aromatic N) is 1. The summed E-state index contributed by atoms with van der Waals surface area (Å²) >= 11 is 5.89. The molecule has 0 aliphatic carbocycles. The Morgan fingerprint density at radius 1 is 1.40 bits per heavy atom. The molecule has 110 valence electrons. The number of β-amino-alcohol motifs (C(OH)–C–C–N with tert-alkyl or cyclic N) is 1. The zero-order chi connectivity index (χ0) is 14.5. The summed E-state index contributed by atoms with van der Waals surface area (Å²) in [6.07, 6.45) is -0.485. The maximum atomic E-state index is 11.9. The quantitative estimate of drug-likeness (QED) is 0.780. The Bertz CT molecular complexity index is 469. The van der Waals surface area contributed by atoms with E-state index in [0.717, 1.165) is 5.56 Å². The first-order valence-electron chi connectivity index (χ1n) is 6.69. The van der Waals surface area contributed by atoms with Crippen LogP contribution in [-0.4, -0.2) is 53.0 Å². The van der Waals surface area contributed by atoms with E-state index in [-0.39, 0.29) is 12.6 Å². The Labute approximate surface area is 123 Å². The van der Waals surface area contributed by atoms with Gasteiger partial charge in [-0.05, 0) is 30.5 Å². The number of likely N-dealkylation sites (tertiary alicyclic amines) is 1. The third-order valence-electron chi connectivity index (χ3n) is 3.41. The molecule has 20 heavy (non-hydrogen) atoms. The van der Waals surface area contributed by atoms with Crippen LogP contribution in [0.15, 0.2) is 24.3 Å². The highest BCUT2D eigenvalue weighted by Crippen LogP contribution is 2.12. The number of halogens is 1. The lowest BCUT2D eigenvalue weighted by Crippen LogP contribution is -2.52. The minimum atomic E-state index is -0.859. The number of aliphatic hydroxyl groups is 2. The average molecular weight is 299 g/mol. The van der Waals surface area contributed by atoms with Crippen molar-refractivity contribution in [3.8, 4) is 0 Å². The van der Waals surface area contributed by atoms with Crippen LogP contribution in [0.3, 0.4) is 0 Å². The molecule has 0 aromatic heterocycles. The van der Waals surface area contributed by atoms with Gasteiger partial charge in [0, 0.05) is 18.1 Å². The van der Waals surface area contributed by atoms with E-state index in [2.05, 4.69) is 5.32 Å². The van der Waals surface area contributed by atoms with Crippen molar-refractivity contribution in [1.29, 1.82) is 0 Å². The fourth-order valence-electron chi connectivity index (χ4n) is 2.22. The number of nitrogens with one attached hydrogen (secondary N) is 1. The van der Waals surface area contributed by atoms with Crippen molar-refractivity contribution in [2.75, 3.05) is 19.6 Å². The summed E-state index contributed by atoms with van der Waals surface area (Å²) in [5.74, 6) is 0. The molecule has 1 aliphatic rings. The van der Waals surface area contributed by atoms with Crippen molar-refractivity contribution < 1.29 is 15.0 Å². The first-order chi connectivity index (χ1) is 9.56. The molecule has 1 heterocycles. The third kappa shape index (κ3) is 4.10. The zero-order valence-electron chi connectivity index (χ0n) is 11.1. The van der Waals surface area contributed by atoms with Crippen LogP contribution in [-0.2, 0) is 6.42 Å². The fourth-order valence-corrected chi connectivity index (χ4v) is 2.43. The number of benzene rings is 1. The Balaban J connectivity index is 1.75. The van der Waals surface area contributed by atoms with Gasteiger partial charge in [0.25, 0.3) is 0 Å². The molecule has 0 unspecified atom stereocenters. The summed E-state index contributed by atoms with van der Waals surface area (Å²) in [5.41, 5.74) is 1.06. The largest absolute Gasteiger partial charge is 0.390 e. The molecule has 2 atom stereocenters. The molecular formula is C14H19ClN2O3. The van der Waals surface area contributed by atoms with Crippen LogP contribution in [0.1, 0.15) is 12.0 Å². The lowest BCUT2D eigenvalue weighted by molar-refractivity contribution is -0.0276. The number of amides is 2. The normalized spacial score (nSPS) is 22.6. The number of aliphatic hydroxyl groups excluding tert-OH is 2. The van der Waals surface area contributed by atoms with Gasteiger partial charge in [-0.2, -0.15) is 0 Å². The lowest BCUT2D eigenvalue weighted by Gasteiger charge is -2.33. The van der Waals surface area contributed by atoms with Crippen LogP contribution in [0.2, 0.25) is 5.02 Å². The molecule has 5 nitrogen and oxygen atoms in total. The minimum absolute atomic E-state index is 0.171. The molecule has 1 saturated heterocycles. The van der Waals surface area contributed by atoms with Crippen LogP contribution in [0.4, 0.5) is 4.79 Å². The monoisotopic (exact) mass is 298 g/mol. The van der Waals surface area contributed by atoms with Crippen LogP contribution in [0, 0.1) is 0 Å². The SMILES string of the molecule is O=C(NCCc1cccc(Cl)c1)N1CC[C@H](O)[C@H](O)C1. The second kappa shape index (κ2) is 6.92.